The van der Waals surface area contributed by atoms with Crippen molar-refractivity contribution in [1.82, 2.24) is 14.5 Å². The molecule has 6 rings (SSSR count). The average molecular weight is 464 g/mol. The zero-order valence-electron chi connectivity index (χ0n) is 19.4. The largest absolute Gasteiger partial charge is 0.465 e. The predicted octanol–water partition coefficient (Wildman–Crippen LogP) is 3.72. The number of esters is 1. The Balaban J connectivity index is 1.21. The molecule has 0 radical (unpaired) electrons. The second kappa shape index (κ2) is 8.92. The Morgan fingerprint density at radius 1 is 1.15 bits per heavy atom. The van der Waals surface area contributed by atoms with Crippen LogP contribution in [0.5, 0.6) is 11.5 Å². The quantitative estimate of drug-likeness (QED) is 0.516. The average Bonchev–Trinajstić information content (AvgIpc) is 3.45. The molecule has 8 heteroatoms. The molecule has 0 saturated carbocycles. The van der Waals surface area contributed by atoms with Crippen LogP contribution in [0.4, 0.5) is 0 Å². The van der Waals surface area contributed by atoms with E-state index in [1.165, 1.54) is 12.7 Å². The lowest BCUT2D eigenvalue weighted by Crippen LogP contribution is -2.35. The monoisotopic (exact) mass is 463 g/mol. The minimum absolute atomic E-state index is 0.200. The third-order valence-electron chi connectivity index (χ3n) is 7.25. The Labute approximate surface area is 198 Å². The highest BCUT2D eigenvalue weighted by Gasteiger charge is 2.28. The number of likely N-dealkylation sites (tertiary alicyclic amines) is 1. The second-order valence-corrected chi connectivity index (χ2v) is 9.25. The van der Waals surface area contributed by atoms with Crippen molar-refractivity contribution >= 4 is 17.0 Å². The van der Waals surface area contributed by atoms with E-state index in [2.05, 4.69) is 21.6 Å². The number of hydrogen-bond donors (Lipinski definition) is 0. The molecule has 3 aromatic rings. The number of rotatable bonds is 6. The number of carbonyl (C=O) groups excluding carboxylic acids is 1. The molecule has 3 aliphatic rings. The fourth-order valence-electron chi connectivity index (χ4n) is 5.25. The molecule has 2 aromatic carbocycles. The van der Waals surface area contributed by atoms with E-state index in [1.54, 1.807) is 6.07 Å². The van der Waals surface area contributed by atoms with Crippen LogP contribution >= 0.6 is 0 Å². The van der Waals surface area contributed by atoms with Crippen LogP contribution in [0.3, 0.4) is 0 Å². The van der Waals surface area contributed by atoms with Crippen LogP contribution in [0.1, 0.15) is 46.9 Å². The van der Waals surface area contributed by atoms with Crippen molar-refractivity contribution in [2.24, 2.45) is 0 Å². The van der Waals surface area contributed by atoms with Gasteiger partial charge in [-0.05, 0) is 62.5 Å². The molecule has 4 heterocycles. The number of fused-ring (bicyclic) bond motifs is 2. The number of imidazole rings is 1. The molecule has 2 saturated heterocycles. The van der Waals surface area contributed by atoms with Gasteiger partial charge < -0.3 is 23.5 Å². The third-order valence-corrected chi connectivity index (χ3v) is 7.25. The van der Waals surface area contributed by atoms with Crippen molar-refractivity contribution in [3.05, 3.63) is 53.3 Å². The van der Waals surface area contributed by atoms with Crippen molar-refractivity contribution in [3.63, 3.8) is 0 Å². The summed E-state index contributed by atoms with van der Waals surface area (Å²) < 4.78 is 24.2. The minimum Gasteiger partial charge on any atom is -0.465 e. The van der Waals surface area contributed by atoms with E-state index in [1.807, 2.05) is 18.2 Å². The number of para-hydroxylation sites is 1. The smallest absolute Gasteiger partial charge is 0.337 e. The van der Waals surface area contributed by atoms with Crippen molar-refractivity contribution < 1.29 is 23.7 Å². The lowest BCUT2D eigenvalue weighted by atomic mass is 9.88. The Hall–Kier alpha value is -3.10. The van der Waals surface area contributed by atoms with Gasteiger partial charge in [0.25, 0.3) is 0 Å². The molecule has 8 nitrogen and oxygen atoms in total. The lowest BCUT2D eigenvalue weighted by molar-refractivity contribution is -0.0592. The van der Waals surface area contributed by atoms with Gasteiger partial charge in [-0.3, -0.25) is 4.90 Å². The van der Waals surface area contributed by atoms with Crippen LogP contribution in [0, 0.1) is 0 Å². The molecule has 34 heavy (non-hydrogen) atoms. The molecular weight excluding hydrogens is 434 g/mol. The van der Waals surface area contributed by atoms with Crippen LogP contribution in [0.2, 0.25) is 0 Å². The van der Waals surface area contributed by atoms with Crippen LogP contribution < -0.4 is 9.47 Å². The van der Waals surface area contributed by atoms with Gasteiger partial charge in [0.2, 0.25) is 6.79 Å². The molecule has 2 fully saturated rings. The fourth-order valence-corrected chi connectivity index (χ4v) is 5.25. The molecule has 0 aliphatic carbocycles. The number of hydrogen-bond acceptors (Lipinski definition) is 7. The Bertz CT molecular complexity index is 1210. The van der Waals surface area contributed by atoms with E-state index < -0.39 is 0 Å². The van der Waals surface area contributed by atoms with Gasteiger partial charge in [0.05, 0.1) is 42.9 Å². The standard InChI is InChI=1S/C26H29N3O5/c1-31-26(30)18-5-6-21-22(13-18)29(14-19-9-12-32-19)24(27-21)15-28-10-7-17(8-11-28)20-3-2-4-23-25(20)34-16-33-23/h2-6,13,17,19H,7-12,14-16H2,1H3/t19-/m0/s1. The van der Waals surface area contributed by atoms with E-state index in [0.29, 0.717) is 18.3 Å². The van der Waals surface area contributed by atoms with E-state index in [0.717, 1.165) is 80.4 Å². The Morgan fingerprint density at radius 3 is 2.76 bits per heavy atom. The van der Waals surface area contributed by atoms with Gasteiger partial charge >= 0.3 is 5.97 Å². The second-order valence-electron chi connectivity index (χ2n) is 9.25. The zero-order valence-corrected chi connectivity index (χ0v) is 19.4. The maximum atomic E-state index is 12.1. The summed E-state index contributed by atoms with van der Waals surface area (Å²) in [5.74, 6) is 2.93. The highest BCUT2D eigenvalue weighted by atomic mass is 16.7. The first-order valence-electron chi connectivity index (χ1n) is 12.0. The van der Waals surface area contributed by atoms with Crippen molar-refractivity contribution in [3.8, 4) is 11.5 Å². The van der Waals surface area contributed by atoms with E-state index in [-0.39, 0.29) is 12.1 Å². The molecule has 0 unspecified atom stereocenters. The third kappa shape index (κ3) is 3.91. The van der Waals surface area contributed by atoms with Gasteiger partial charge in [-0.1, -0.05) is 12.1 Å². The molecule has 0 amide bonds. The number of nitrogens with zero attached hydrogens (tertiary/aromatic N) is 3. The summed E-state index contributed by atoms with van der Waals surface area (Å²) in [7, 11) is 1.41. The molecule has 0 spiro atoms. The maximum Gasteiger partial charge on any atom is 0.337 e. The zero-order chi connectivity index (χ0) is 23.1. The predicted molar refractivity (Wildman–Crippen MR) is 125 cm³/mol. The number of benzene rings is 2. The topological polar surface area (TPSA) is 75.0 Å². The van der Waals surface area contributed by atoms with Crippen molar-refractivity contribution in [1.29, 1.82) is 0 Å². The highest BCUT2D eigenvalue weighted by molar-refractivity contribution is 5.93. The summed E-state index contributed by atoms with van der Waals surface area (Å²) in [5, 5.41) is 0. The molecule has 1 atom stereocenters. The van der Waals surface area contributed by atoms with Crippen LogP contribution in [0.15, 0.2) is 36.4 Å². The first-order valence-corrected chi connectivity index (χ1v) is 12.0. The summed E-state index contributed by atoms with van der Waals surface area (Å²) >= 11 is 0. The first-order chi connectivity index (χ1) is 16.7. The normalized spacial score (nSPS) is 20.4. The van der Waals surface area contributed by atoms with Gasteiger partial charge in [0.15, 0.2) is 11.5 Å². The van der Waals surface area contributed by atoms with Gasteiger partial charge in [0, 0.05) is 12.2 Å². The molecule has 1 aromatic heterocycles. The fraction of sp³-hybridized carbons (Fsp3) is 0.462. The summed E-state index contributed by atoms with van der Waals surface area (Å²) in [4.78, 5) is 19.5. The van der Waals surface area contributed by atoms with E-state index >= 15 is 0 Å². The number of ether oxygens (including phenoxy) is 4. The lowest BCUT2D eigenvalue weighted by Gasteiger charge is -2.33. The van der Waals surface area contributed by atoms with Gasteiger partial charge in [-0.25, -0.2) is 9.78 Å². The summed E-state index contributed by atoms with van der Waals surface area (Å²) in [6, 6.07) is 11.8. The van der Waals surface area contributed by atoms with E-state index in [4.69, 9.17) is 23.9 Å². The molecule has 0 bridgehead atoms. The minimum atomic E-state index is -0.333. The van der Waals surface area contributed by atoms with Gasteiger partial charge in [-0.2, -0.15) is 0 Å². The van der Waals surface area contributed by atoms with Crippen LogP contribution in [-0.4, -0.2) is 60.1 Å². The molecule has 0 N–H and O–H groups in total. The van der Waals surface area contributed by atoms with Gasteiger partial charge in [-0.15, -0.1) is 0 Å². The molecular formula is C26H29N3O5. The Kier molecular flexibility index (Phi) is 5.63. The number of carbonyl (C=O) groups is 1. The number of methoxy groups -OCH3 is 1. The Morgan fingerprint density at radius 2 is 2.00 bits per heavy atom. The molecule has 178 valence electrons. The number of piperidine rings is 1. The molecule has 3 aliphatic heterocycles. The first kappa shape index (κ1) is 21.4. The van der Waals surface area contributed by atoms with Crippen LogP contribution in [0.25, 0.3) is 11.0 Å². The summed E-state index contributed by atoms with van der Waals surface area (Å²) in [6.07, 6.45) is 3.39. The maximum absolute atomic E-state index is 12.1. The highest BCUT2D eigenvalue weighted by Crippen LogP contribution is 2.42. The summed E-state index contributed by atoms with van der Waals surface area (Å²) in [6.45, 7) is 4.63. The van der Waals surface area contributed by atoms with Crippen molar-refractivity contribution in [2.45, 2.75) is 44.4 Å². The van der Waals surface area contributed by atoms with Gasteiger partial charge in [0.1, 0.15) is 5.82 Å². The van der Waals surface area contributed by atoms with Crippen molar-refractivity contribution in [2.75, 3.05) is 33.6 Å². The SMILES string of the molecule is COC(=O)c1ccc2nc(CN3CCC(c4cccc5c4OCO5)CC3)n(C[C@@H]3CCO3)c2c1. The van der Waals surface area contributed by atoms with E-state index in [9.17, 15) is 4.79 Å². The van der Waals surface area contributed by atoms with Crippen LogP contribution in [-0.2, 0) is 22.6 Å². The number of aromatic nitrogens is 2. The summed E-state index contributed by atoms with van der Waals surface area (Å²) in [5.41, 5.74) is 3.66.